The second-order valence-electron chi connectivity index (χ2n) is 21.1. The number of aliphatic hydroxyl groups excluding tert-OH is 2. The normalized spacial score (nSPS) is 54.2. The Morgan fingerprint density at radius 1 is 0.810 bits per heavy atom. The van der Waals surface area contributed by atoms with Gasteiger partial charge in [0.05, 0.1) is 36.4 Å². The SMILES string of the molecule is CC1=C/[C@H](C)C[C@@]2(C)CC[C@@H](O2)[C@@]23CC[C@@](C(=O)O)(C[C@@H](O2)[C@H]2O[C@](C)(CC2=O)[C@@H](O)[C@@H]2CC[C@@]4(CCC[C@H](O4)[C@@H](C)C(=O)O[C@@H]4C[C@@H]([C@@]5(O)OCC[C@@H](C)[C@H]5O)O[C@@H]4\C=C\1)O2)O3. The first-order valence-corrected chi connectivity index (χ1v) is 23.5. The zero-order valence-electron chi connectivity index (χ0n) is 37.5. The molecule has 0 aromatic heterocycles. The molecule has 2 spiro atoms. The molecule has 0 aromatic rings. The van der Waals surface area contributed by atoms with E-state index in [0.717, 1.165) is 5.57 Å². The van der Waals surface area contributed by atoms with E-state index in [2.05, 4.69) is 13.0 Å². The van der Waals surface area contributed by atoms with Crippen LogP contribution in [-0.2, 0) is 57.0 Å². The van der Waals surface area contributed by atoms with Gasteiger partial charge < -0.3 is 63.1 Å². The van der Waals surface area contributed by atoms with Gasteiger partial charge in [-0.15, -0.1) is 0 Å². The van der Waals surface area contributed by atoms with E-state index in [0.29, 0.717) is 57.8 Å². The molecule has 0 aliphatic carbocycles. The topological polar surface area (TPSA) is 215 Å². The van der Waals surface area contributed by atoms with Crippen LogP contribution in [0.4, 0.5) is 0 Å². The first kappa shape index (κ1) is 45.8. The third-order valence-corrected chi connectivity index (χ3v) is 16.0. The second-order valence-corrected chi connectivity index (χ2v) is 21.1. The van der Waals surface area contributed by atoms with E-state index < -0.39 is 113 Å². The lowest BCUT2D eigenvalue weighted by atomic mass is 9.87. The molecule has 9 aliphatic rings. The minimum absolute atomic E-state index is 0.0310. The van der Waals surface area contributed by atoms with Crippen molar-refractivity contribution < 1.29 is 77.4 Å². The van der Waals surface area contributed by atoms with Gasteiger partial charge in [-0.2, -0.15) is 0 Å². The maximum absolute atomic E-state index is 14.1. The third kappa shape index (κ3) is 8.18. The summed E-state index contributed by atoms with van der Waals surface area (Å²) in [6.45, 7) is 11.6. The van der Waals surface area contributed by atoms with Crippen molar-refractivity contribution in [3.8, 4) is 0 Å². The summed E-state index contributed by atoms with van der Waals surface area (Å²) in [4.78, 5) is 40.9. The molecule has 0 radical (unpaired) electrons. The average molecular weight is 889 g/mol. The van der Waals surface area contributed by atoms with Crippen LogP contribution >= 0.6 is 0 Å². The van der Waals surface area contributed by atoms with Crippen LogP contribution in [0, 0.1) is 17.8 Å². The number of ketones is 1. The summed E-state index contributed by atoms with van der Waals surface area (Å²) in [6, 6.07) is 0. The predicted molar refractivity (Wildman–Crippen MR) is 220 cm³/mol. The Bertz CT molecular complexity index is 1860. The largest absolute Gasteiger partial charge is 0.479 e. The number of carboxylic acids is 1. The van der Waals surface area contributed by atoms with E-state index in [1.54, 1.807) is 13.8 Å². The number of carboxylic acid groups (broad SMARTS) is 1. The van der Waals surface area contributed by atoms with Crippen LogP contribution in [0.15, 0.2) is 23.8 Å². The number of aliphatic hydroxyl groups is 3. The minimum atomic E-state index is -1.99. The summed E-state index contributed by atoms with van der Waals surface area (Å²) >= 11 is 0. The van der Waals surface area contributed by atoms with Crippen molar-refractivity contribution in [1.82, 2.24) is 0 Å². The van der Waals surface area contributed by atoms with E-state index >= 15 is 0 Å². The number of carbonyl (C=O) groups excluding carboxylic acids is 2. The highest BCUT2D eigenvalue weighted by Crippen LogP contribution is 2.55. The standard InChI is InChI=1S/C47H68O16/c1-25-9-10-31-33(21-36(56-31)47(54)38(49)27(3)13-19-55-47)57-40(51)28(4)30-8-7-14-45(58-30)16-11-32(59-45)39(50)43(6)23-29(48)37(62-43)34-24-44(41(52)53)17-18-46(60-34,63-44)35-12-15-42(5,61-35)22-26(2)20-25/h9-10,20,26-28,30-39,49-50,54H,7-8,11-19,21-24H2,1-6H3,(H,52,53)/b10-9+,25-20-/t26-,27+,28+,30-,31+,32-,33+,34+,35+,36-,37-,38+,39-,42+,43+,44-,45+,46-,47+/m0/s1. The summed E-state index contributed by atoms with van der Waals surface area (Å²) in [5.74, 6) is -7.29. The molecular formula is C47H68O16. The molecular weight excluding hydrogens is 821 g/mol. The fourth-order valence-electron chi connectivity index (χ4n) is 12.5. The highest BCUT2D eigenvalue weighted by Gasteiger charge is 2.68. The van der Waals surface area contributed by atoms with Gasteiger partial charge in [0.25, 0.3) is 0 Å². The van der Waals surface area contributed by atoms with Gasteiger partial charge in [0.1, 0.15) is 48.3 Å². The summed E-state index contributed by atoms with van der Waals surface area (Å²) in [5.41, 5.74) is -2.63. The second kappa shape index (κ2) is 16.5. The molecule has 9 aliphatic heterocycles. The Hall–Kier alpha value is -2.35. The van der Waals surface area contributed by atoms with E-state index in [1.165, 1.54) is 0 Å². The van der Waals surface area contributed by atoms with Crippen LogP contribution in [-0.4, -0.2) is 140 Å². The van der Waals surface area contributed by atoms with Gasteiger partial charge in [-0.3, -0.25) is 9.59 Å². The fourth-order valence-corrected chi connectivity index (χ4v) is 12.5. The smallest absolute Gasteiger partial charge is 0.336 e. The zero-order chi connectivity index (χ0) is 44.9. The Morgan fingerprint density at radius 2 is 1.59 bits per heavy atom. The molecule has 352 valence electrons. The van der Waals surface area contributed by atoms with Crippen LogP contribution < -0.4 is 0 Å². The van der Waals surface area contributed by atoms with Gasteiger partial charge in [0.2, 0.25) is 5.79 Å². The van der Waals surface area contributed by atoms with Gasteiger partial charge in [0.15, 0.2) is 23.0 Å². The third-order valence-electron chi connectivity index (χ3n) is 16.0. The van der Waals surface area contributed by atoms with Gasteiger partial charge >= 0.3 is 11.9 Å². The van der Waals surface area contributed by atoms with Crippen LogP contribution in [0.3, 0.4) is 0 Å². The number of hydrogen-bond acceptors (Lipinski definition) is 15. The number of rotatable bonds is 2. The molecule has 16 heteroatoms. The van der Waals surface area contributed by atoms with Gasteiger partial charge in [0, 0.05) is 38.5 Å². The van der Waals surface area contributed by atoms with Crippen molar-refractivity contribution in [1.29, 1.82) is 0 Å². The molecule has 0 aromatic carbocycles. The summed E-state index contributed by atoms with van der Waals surface area (Å²) in [5, 5.41) is 45.4. The molecule has 63 heavy (non-hydrogen) atoms. The molecule has 8 fully saturated rings. The summed E-state index contributed by atoms with van der Waals surface area (Å²) in [6.07, 6.45) is 2.32. The molecule has 0 amide bonds. The van der Waals surface area contributed by atoms with Crippen LogP contribution in [0.1, 0.15) is 131 Å². The summed E-state index contributed by atoms with van der Waals surface area (Å²) in [7, 11) is 0. The van der Waals surface area contributed by atoms with Gasteiger partial charge in [-0.05, 0) is 90.9 Å². The number of aliphatic carboxylic acids is 1. The number of Topliss-reactive ketones (excluding diaryl/α,β-unsaturated/α-hetero) is 1. The van der Waals surface area contributed by atoms with Crippen molar-refractivity contribution in [2.24, 2.45) is 17.8 Å². The first-order valence-electron chi connectivity index (χ1n) is 23.5. The lowest BCUT2D eigenvalue weighted by molar-refractivity contribution is -0.358. The number of ether oxygens (including phenoxy) is 9. The van der Waals surface area contributed by atoms with E-state index in [1.807, 2.05) is 32.9 Å². The van der Waals surface area contributed by atoms with Gasteiger partial charge in [-0.1, -0.05) is 37.6 Å². The van der Waals surface area contributed by atoms with Crippen molar-refractivity contribution >= 4 is 17.7 Å². The predicted octanol–water partition coefficient (Wildman–Crippen LogP) is 4.32. The van der Waals surface area contributed by atoms with Crippen LogP contribution in [0.2, 0.25) is 0 Å². The Balaban J connectivity index is 1.01. The van der Waals surface area contributed by atoms with Crippen molar-refractivity contribution in [2.45, 2.75) is 227 Å². The highest BCUT2D eigenvalue weighted by molar-refractivity contribution is 5.87. The minimum Gasteiger partial charge on any atom is -0.479 e. The molecule has 19 atom stereocenters. The maximum atomic E-state index is 14.1. The van der Waals surface area contributed by atoms with Crippen molar-refractivity contribution in [2.75, 3.05) is 6.61 Å². The lowest BCUT2D eigenvalue weighted by Crippen LogP contribution is -2.60. The van der Waals surface area contributed by atoms with E-state index in [-0.39, 0.29) is 56.3 Å². The number of esters is 1. The van der Waals surface area contributed by atoms with Crippen LogP contribution in [0.25, 0.3) is 0 Å². The number of fused-ring (bicyclic) bond motifs is 10. The van der Waals surface area contributed by atoms with Crippen LogP contribution in [0.5, 0.6) is 0 Å². The average Bonchev–Trinajstić information content (AvgIpc) is 4.06. The lowest BCUT2D eigenvalue weighted by Gasteiger charge is -2.46. The molecule has 8 saturated heterocycles. The zero-order valence-corrected chi connectivity index (χ0v) is 37.5. The maximum Gasteiger partial charge on any atom is 0.336 e. The van der Waals surface area contributed by atoms with E-state index in [9.17, 15) is 34.8 Å². The van der Waals surface area contributed by atoms with E-state index in [4.69, 9.17) is 42.6 Å². The molecule has 0 saturated carbocycles. The van der Waals surface area contributed by atoms with Crippen molar-refractivity contribution in [3.63, 3.8) is 0 Å². The monoisotopic (exact) mass is 888 g/mol. The Kier molecular flexibility index (Phi) is 12.0. The summed E-state index contributed by atoms with van der Waals surface area (Å²) < 4.78 is 58.2. The molecule has 16 nitrogen and oxygen atoms in total. The molecule has 10 bridgehead atoms. The Labute approximate surface area is 369 Å². The molecule has 9 rings (SSSR count). The number of hydrogen-bond donors (Lipinski definition) is 4. The quantitative estimate of drug-likeness (QED) is 0.284. The highest BCUT2D eigenvalue weighted by atomic mass is 16.8. The van der Waals surface area contributed by atoms with Crippen molar-refractivity contribution in [3.05, 3.63) is 23.8 Å². The fraction of sp³-hybridized carbons (Fsp3) is 0.851. The molecule has 9 heterocycles. The Morgan fingerprint density at radius 3 is 2.37 bits per heavy atom. The number of allylic oxidation sites excluding steroid dienone is 3. The van der Waals surface area contributed by atoms with Gasteiger partial charge in [-0.25, -0.2) is 4.79 Å². The molecule has 0 unspecified atom stereocenters. The first-order chi connectivity index (χ1) is 29.7. The number of carbonyl (C=O) groups is 3. The molecule has 4 N–H and O–H groups in total.